The number of carboxylic acids is 1. The molecule has 1 aliphatic rings. The van der Waals surface area contributed by atoms with Gasteiger partial charge in [-0.15, -0.1) is 0 Å². The van der Waals surface area contributed by atoms with Crippen LogP contribution in [0.3, 0.4) is 0 Å². The molecule has 0 aromatic heterocycles. The van der Waals surface area contributed by atoms with E-state index in [9.17, 15) is 9.90 Å². The molecule has 1 fully saturated rings. The molecule has 0 amide bonds. The minimum atomic E-state index is -0.745. The molecule has 1 aliphatic carbocycles. The lowest BCUT2D eigenvalue weighted by molar-refractivity contribution is -0.150. The Morgan fingerprint density at radius 3 is 2.76 bits per heavy atom. The summed E-state index contributed by atoms with van der Waals surface area (Å²) in [5.41, 5.74) is -0.745. The summed E-state index contributed by atoms with van der Waals surface area (Å²) >= 11 is 0. The molecule has 0 aliphatic heterocycles. The van der Waals surface area contributed by atoms with Gasteiger partial charge < -0.3 is 9.84 Å². The Morgan fingerprint density at radius 2 is 2.24 bits per heavy atom. The normalized spacial score (nSPS) is 29.5. The number of hydrogen-bond acceptors (Lipinski definition) is 3. The number of rotatable bonds is 6. The molecular weight excluding hydrogens is 218 g/mol. The molecule has 4 heteroatoms. The molecule has 0 bridgehead atoms. The van der Waals surface area contributed by atoms with Crippen LogP contribution in [0.15, 0.2) is 0 Å². The molecule has 0 heterocycles. The smallest absolute Gasteiger partial charge is 0.324 e. The second-order valence-corrected chi connectivity index (χ2v) is 5.29. The van der Waals surface area contributed by atoms with Crippen molar-refractivity contribution in [3.8, 4) is 0 Å². The molecule has 0 aromatic rings. The van der Waals surface area contributed by atoms with Crippen LogP contribution >= 0.6 is 0 Å². The third-order valence-electron chi connectivity index (χ3n) is 3.90. The molecule has 100 valence electrons. The summed E-state index contributed by atoms with van der Waals surface area (Å²) < 4.78 is 5.00. The summed E-state index contributed by atoms with van der Waals surface area (Å²) in [5.74, 6) is -0.0981. The number of hydrogen-bond donors (Lipinski definition) is 2. The Hall–Kier alpha value is -0.610. The van der Waals surface area contributed by atoms with Gasteiger partial charge in [0.15, 0.2) is 0 Å². The highest BCUT2D eigenvalue weighted by atomic mass is 16.5. The molecule has 0 aromatic carbocycles. The van der Waals surface area contributed by atoms with Crippen LogP contribution in [0, 0.1) is 11.8 Å². The number of nitrogens with one attached hydrogen (secondary N) is 1. The average Bonchev–Trinajstić information content (AvgIpc) is 2.29. The highest BCUT2D eigenvalue weighted by Gasteiger charge is 2.47. The van der Waals surface area contributed by atoms with Crippen molar-refractivity contribution in [2.24, 2.45) is 11.8 Å². The number of carbonyl (C=O) groups is 1. The Bertz CT molecular complexity index is 255. The standard InChI is InChI=1S/C13H25NO3/c1-10(2)11-6-4-5-7-13(11,12(15)16)14-8-9-17-3/h10-11,14H,4-9H2,1-3H3,(H,15,16). The first kappa shape index (κ1) is 14.5. The van der Waals surface area contributed by atoms with Gasteiger partial charge in [-0.2, -0.15) is 0 Å². The number of aliphatic carboxylic acids is 1. The second-order valence-electron chi connectivity index (χ2n) is 5.29. The SMILES string of the molecule is COCCNC1(C(=O)O)CCCCC1C(C)C. The highest BCUT2D eigenvalue weighted by molar-refractivity contribution is 5.79. The van der Waals surface area contributed by atoms with Gasteiger partial charge in [-0.3, -0.25) is 10.1 Å². The van der Waals surface area contributed by atoms with Crippen molar-refractivity contribution in [2.45, 2.75) is 45.1 Å². The van der Waals surface area contributed by atoms with Gasteiger partial charge in [0.1, 0.15) is 5.54 Å². The van der Waals surface area contributed by atoms with Gasteiger partial charge in [0, 0.05) is 13.7 Å². The summed E-state index contributed by atoms with van der Waals surface area (Å²) in [4.78, 5) is 11.7. The molecule has 1 saturated carbocycles. The van der Waals surface area contributed by atoms with E-state index in [1.807, 2.05) is 0 Å². The van der Waals surface area contributed by atoms with E-state index >= 15 is 0 Å². The third kappa shape index (κ3) is 3.19. The van der Waals surface area contributed by atoms with Crippen LogP contribution in [0.1, 0.15) is 39.5 Å². The van der Waals surface area contributed by atoms with Crippen molar-refractivity contribution in [1.82, 2.24) is 5.32 Å². The van der Waals surface area contributed by atoms with E-state index in [2.05, 4.69) is 19.2 Å². The van der Waals surface area contributed by atoms with E-state index in [1.165, 1.54) is 0 Å². The minimum absolute atomic E-state index is 0.214. The predicted molar refractivity (Wildman–Crippen MR) is 67.0 cm³/mol. The maximum absolute atomic E-state index is 11.7. The van der Waals surface area contributed by atoms with Crippen molar-refractivity contribution >= 4 is 5.97 Å². The van der Waals surface area contributed by atoms with Gasteiger partial charge in [-0.05, 0) is 24.7 Å². The van der Waals surface area contributed by atoms with E-state index in [-0.39, 0.29) is 5.92 Å². The lowest BCUT2D eigenvalue weighted by Crippen LogP contribution is -2.60. The number of ether oxygens (including phenoxy) is 1. The first-order valence-corrected chi connectivity index (χ1v) is 6.52. The van der Waals surface area contributed by atoms with Crippen LogP contribution in [0.2, 0.25) is 0 Å². The summed E-state index contributed by atoms with van der Waals surface area (Å²) in [6.07, 6.45) is 3.87. The number of carboxylic acid groups (broad SMARTS) is 1. The molecule has 2 N–H and O–H groups in total. The molecule has 17 heavy (non-hydrogen) atoms. The third-order valence-corrected chi connectivity index (χ3v) is 3.90. The zero-order valence-electron chi connectivity index (χ0n) is 11.2. The molecule has 0 spiro atoms. The summed E-state index contributed by atoms with van der Waals surface area (Å²) in [6.45, 7) is 5.39. The first-order chi connectivity index (χ1) is 8.04. The summed E-state index contributed by atoms with van der Waals surface area (Å²) in [6, 6.07) is 0. The van der Waals surface area contributed by atoms with E-state index in [4.69, 9.17) is 4.74 Å². The predicted octanol–water partition coefficient (Wildman–Crippen LogP) is 1.89. The zero-order valence-corrected chi connectivity index (χ0v) is 11.2. The van der Waals surface area contributed by atoms with Crippen molar-refractivity contribution < 1.29 is 14.6 Å². The molecule has 0 saturated heterocycles. The Balaban J connectivity index is 2.81. The van der Waals surface area contributed by atoms with Crippen LogP contribution in [0.25, 0.3) is 0 Å². The van der Waals surface area contributed by atoms with Crippen LogP contribution in [-0.2, 0) is 9.53 Å². The molecule has 4 nitrogen and oxygen atoms in total. The molecule has 2 unspecified atom stereocenters. The summed E-state index contributed by atoms with van der Waals surface area (Å²) in [5, 5.41) is 12.8. The van der Waals surface area contributed by atoms with Crippen LogP contribution in [0.4, 0.5) is 0 Å². The quantitative estimate of drug-likeness (QED) is 0.699. The second kappa shape index (κ2) is 6.36. The first-order valence-electron chi connectivity index (χ1n) is 6.52. The van der Waals surface area contributed by atoms with Crippen molar-refractivity contribution in [3.63, 3.8) is 0 Å². The van der Waals surface area contributed by atoms with Gasteiger partial charge in [-0.1, -0.05) is 26.7 Å². The minimum Gasteiger partial charge on any atom is -0.480 e. The maximum atomic E-state index is 11.7. The van der Waals surface area contributed by atoms with Crippen LogP contribution < -0.4 is 5.32 Å². The van der Waals surface area contributed by atoms with Crippen molar-refractivity contribution in [3.05, 3.63) is 0 Å². The van der Waals surface area contributed by atoms with E-state index in [0.717, 1.165) is 25.7 Å². The van der Waals surface area contributed by atoms with Crippen molar-refractivity contribution in [1.29, 1.82) is 0 Å². The Kier molecular flexibility index (Phi) is 5.40. The van der Waals surface area contributed by atoms with E-state index < -0.39 is 11.5 Å². The zero-order chi connectivity index (χ0) is 12.9. The van der Waals surface area contributed by atoms with Crippen LogP contribution in [0.5, 0.6) is 0 Å². The van der Waals surface area contributed by atoms with Gasteiger partial charge in [0.2, 0.25) is 0 Å². The molecular formula is C13H25NO3. The van der Waals surface area contributed by atoms with E-state index in [0.29, 0.717) is 19.1 Å². The topological polar surface area (TPSA) is 58.6 Å². The Morgan fingerprint density at radius 1 is 1.53 bits per heavy atom. The highest BCUT2D eigenvalue weighted by Crippen LogP contribution is 2.38. The molecule has 0 radical (unpaired) electrons. The van der Waals surface area contributed by atoms with Crippen LogP contribution in [-0.4, -0.2) is 36.9 Å². The fourth-order valence-corrected chi connectivity index (χ4v) is 3.04. The molecule has 1 rings (SSSR count). The van der Waals surface area contributed by atoms with Gasteiger partial charge in [-0.25, -0.2) is 0 Å². The monoisotopic (exact) mass is 243 g/mol. The maximum Gasteiger partial charge on any atom is 0.324 e. The van der Waals surface area contributed by atoms with Gasteiger partial charge in [0.05, 0.1) is 6.61 Å². The Labute approximate surface area is 104 Å². The molecule has 2 atom stereocenters. The largest absolute Gasteiger partial charge is 0.480 e. The lowest BCUT2D eigenvalue weighted by atomic mass is 9.68. The lowest BCUT2D eigenvalue weighted by Gasteiger charge is -2.43. The fraction of sp³-hybridized carbons (Fsp3) is 0.923. The number of methoxy groups -OCH3 is 1. The van der Waals surface area contributed by atoms with Crippen molar-refractivity contribution in [2.75, 3.05) is 20.3 Å². The summed E-state index contributed by atoms with van der Waals surface area (Å²) in [7, 11) is 1.63. The van der Waals surface area contributed by atoms with Gasteiger partial charge in [0.25, 0.3) is 0 Å². The average molecular weight is 243 g/mol. The fourth-order valence-electron chi connectivity index (χ4n) is 3.04. The van der Waals surface area contributed by atoms with E-state index in [1.54, 1.807) is 7.11 Å². The van der Waals surface area contributed by atoms with Gasteiger partial charge >= 0.3 is 5.97 Å².